The van der Waals surface area contributed by atoms with Gasteiger partial charge in [-0.3, -0.25) is 9.59 Å². The number of hydrogen-bond acceptors (Lipinski definition) is 3. The smallest absolute Gasteiger partial charge is 0.256 e. The highest BCUT2D eigenvalue weighted by Crippen LogP contribution is 2.32. The van der Waals surface area contributed by atoms with E-state index in [2.05, 4.69) is 26.2 Å². The number of anilines is 1. The molecule has 0 spiro atoms. The lowest BCUT2D eigenvalue weighted by Gasteiger charge is -2.11. The van der Waals surface area contributed by atoms with Gasteiger partial charge in [0.15, 0.2) is 5.78 Å². The SMILES string of the molecule is CC(=O)c1ccc(NC(=O)c2cc(-c3c[nH]c4ccc(Br)cc34)nc3ccccc23)cc1. The first-order chi connectivity index (χ1) is 15.5. The van der Waals surface area contributed by atoms with Gasteiger partial charge < -0.3 is 10.3 Å². The maximum atomic E-state index is 13.3. The highest BCUT2D eigenvalue weighted by molar-refractivity contribution is 9.10. The first kappa shape index (κ1) is 20.2. The molecule has 2 heterocycles. The monoisotopic (exact) mass is 483 g/mol. The minimum atomic E-state index is -0.235. The molecule has 0 radical (unpaired) electrons. The van der Waals surface area contributed by atoms with E-state index in [-0.39, 0.29) is 11.7 Å². The van der Waals surface area contributed by atoms with E-state index < -0.39 is 0 Å². The van der Waals surface area contributed by atoms with E-state index in [0.717, 1.165) is 31.8 Å². The number of H-pyrrole nitrogens is 1. The Balaban J connectivity index is 1.60. The van der Waals surface area contributed by atoms with Crippen molar-refractivity contribution in [2.45, 2.75) is 6.92 Å². The zero-order valence-electron chi connectivity index (χ0n) is 17.1. The fraction of sp³-hybridized carbons (Fsp3) is 0.0385. The summed E-state index contributed by atoms with van der Waals surface area (Å²) in [4.78, 5) is 32.9. The van der Waals surface area contributed by atoms with E-state index in [0.29, 0.717) is 22.5 Å². The molecule has 0 aliphatic heterocycles. The largest absolute Gasteiger partial charge is 0.360 e. The molecule has 6 heteroatoms. The van der Waals surface area contributed by atoms with E-state index in [1.165, 1.54) is 6.92 Å². The van der Waals surface area contributed by atoms with Gasteiger partial charge in [0.25, 0.3) is 5.91 Å². The van der Waals surface area contributed by atoms with Gasteiger partial charge in [0.1, 0.15) is 0 Å². The van der Waals surface area contributed by atoms with Gasteiger partial charge in [-0.25, -0.2) is 4.98 Å². The number of amides is 1. The van der Waals surface area contributed by atoms with E-state index in [9.17, 15) is 9.59 Å². The van der Waals surface area contributed by atoms with Crippen molar-refractivity contribution in [1.29, 1.82) is 0 Å². The van der Waals surface area contributed by atoms with Crippen LogP contribution in [0, 0.1) is 0 Å². The van der Waals surface area contributed by atoms with E-state index >= 15 is 0 Å². The molecule has 2 N–H and O–H groups in total. The van der Waals surface area contributed by atoms with Crippen molar-refractivity contribution in [2.24, 2.45) is 0 Å². The number of carbonyl (C=O) groups excluding carboxylic acids is 2. The molecule has 5 aromatic rings. The second kappa shape index (κ2) is 8.05. The van der Waals surface area contributed by atoms with Crippen LogP contribution in [-0.2, 0) is 0 Å². The standard InChI is InChI=1S/C26H18BrN3O2/c1-15(31)16-6-9-18(10-7-16)29-26(32)21-13-25(30-24-5-3-2-4-19(21)24)22-14-28-23-11-8-17(27)12-20(22)23/h2-14,28H,1H3,(H,29,32). The molecule has 156 valence electrons. The summed E-state index contributed by atoms with van der Waals surface area (Å²) in [5, 5.41) is 4.74. The summed E-state index contributed by atoms with van der Waals surface area (Å²) in [5.74, 6) is -0.251. The number of pyridine rings is 1. The molecule has 0 fully saturated rings. The Labute approximate surface area is 192 Å². The van der Waals surface area contributed by atoms with Gasteiger partial charge in [-0.15, -0.1) is 0 Å². The topological polar surface area (TPSA) is 74.8 Å². The normalized spacial score (nSPS) is 11.1. The van der Waals surface area contributed by atoms with Gasteiger partial charge in [-0.1, -0.05) is 34.1 Å². The minimum Gasteiger partial charge on any atom is -0.360 e. The third-order valence-electron chi connectivity index (χ3n) is 5.43. The maximum Gasteiger partial charge on any atom is 0.256 e. The summed E-state index contributed by atoms with van der Waals surface area (Å²) < 4.78 is 0.971. The number of benzene rings is 3. The number of nitrogens with zero attached hydrogens (tertiary/aromatic N) is 1. The highest BCUT2D eigenvalue weighted by Gasteiger charge is 2.16. The fourth-order valence-corrected chi connectivity index (χ4v) is 4.15. The van der Waals surface area contributed by atoms with Crippen LogP contribution in [-0.4, -0.2) is 21.7 Å². The average molecular weight is 484 g/mol. The summed E-state index contributed by atoms with van der Waals surface area (Å²) in [6.45, 7) is 1.52. The van der Waals surface area contributed by atoms with E-state index in [1.54, 1.807) is 24.3 Å². The lowest BCUT2D eigenvalue weighted by molar-refractivity contribution is 0.101. The van der Waals surface area contributed by atoms with Crippen LogP contribution < -0.4 is 5.32 Å². The number of halogens is 1. The summed E-state index contributed by atoms with van der Waals surface area (Å²) in [7, 11) is 0. The Morgan fingerprint density at radius 3 is 2.50 bits per heavy atom. The molecule has 0 aliphatic carbocycles. The van der Waals surface area contributed by atoms with Gasteiger partial charge in [0.05, 0.1) is 16.8 Å². The molecule has 0 unspecified atom stereocenters. The lowest BCUT2D eigenvalue weighted by Crippen LogP contribution is -2.13. The molecule has 1 amide bonds. The molecule has 0 saturated carbocycles. The number of ketones is 1. The summed E-state index contributed by atoms with van der Waals surface area (Å²) in [6, 6.07) is 22.3. The average Bonchev–Trinajstić information content (AvgIpc) is 3.21. The van der Waals surface area contributed by atoms with Gasteiger partial charge in [0.2, 0.25) is 0 Å². The number of aromatic nitrogens is 2. The maximum absolute atomic E-state index is 13.3. The predicted molar refractivity (Wildman–Crippen MR) is 131 cm³/mol. The van der Waals surface area contributed by atoms with Gasteiger partial charge >= 0.3 is 0 Å². The van der Waals surface area contributed by atoms with Crippen molar-refractivity contribution >= 4 is 55.1 Å². The van der Waals surface area contributed by atoms with Crippen molar-refractivity contribution in [3.05, 3.63) is 94.6 Å². The first-order valence-electron chi connectivity index (χ1n) is 10.1. The lowest BCUT2D eigenvalue weighted by atomic mass is 10.0. The fourth-order valence-electron chi connectivity index (χ4n) is 3.79. The third-order valence-corrected chi connectivity index (χ3v) is 5.92. The Kier molecular flexibility index (Phi) is 5.07. The van der Waals surface area contributed by atoms with Crippen LogP contribution in [0.1, 0.15) is 27.6 Å². The number of rotatable bonds is 4. The molecule has 5 nitrogen and oxygen atoms in total. The number of carbonyl (C=O) groups is 2. The zero-order valence-corrected chi connectivity index (χ0v) is 18.7. The molecule has 0 atom stereocenters. The van der Waals surface area contributed by atoms with Crippen molar-refractivity contribution in [3.63, 3.8) is 0 Å². The molecule has 3 aromatic carbocycles. The van der Waals surface area contributed by atoms with Crippen LogP contribution in [0.5, 0.6) is 0 Å². The van der Waals surface area contributed by atoms with Gasteiger partial charge in [-0.05, 0) is 61.5 Å². The van der Waals surface area contributed by atoms with Crippen molar-refractivity contribution in [1.82, 2.24) is 9.97 Å². The van der Waals surface area contributed by atoms with Crippen LogP contribution in [0.25, 0.3) is 33.1 Å². The summed E-state index contributed by atoms with van der Waals surface area (Å²) in [6.07, 6.45) is 1.91. The molecule has 32 heavy (non-hydrogen) atoms. The predicted octanol–water partition coefficient (Wildman–Crippen LogP) is 6.60. The third kappa shape index (κ3) is 3.69. The number of aromatic amines is 1. The molecular formula is C26H18BrN3O2. The molecule has 2 aromatic heterocycles. The van der Waals surface area contributed by atoms with Crippen molar-refractivity contribution in [3.8, 4) is 11.3 Å². The Morgan fingerprint density at radius 1 is 0.938 bits per heavy atom. The summed E-state index contributed by atoms with van der Waals surface area (Å²) in [5.41, 5.74) is 5.13. The number of nitrogens with one attached hydrogen (secondary N) is 2. The van der Waals surface area contributed by atoms with Gasteiger partial charge in [0, 0.05) is 43.8 Å². The van der Waals surface area contributed by atoms with Crippen LogP contribution in [0.2, 0.25) is 0 Å². The number of Topliss-reactive ketones (excluding diaryl/α,β-unsaturated/α-hetero) is 1. The van der Waals surface area contributed by atoms with Crippen LogP contribution in [0.15, 0.2) is 83.5 Å². The molecule has 5 rings (SSSR count). The number of fused-ring (bicyclic) bond motifs is 2. The first-order valence-corrected chi connectivity index (χ1v) is 10.9. The van der Waals surface area contributed by atoms with E-state index in [4.69, 9.17) is 4.98 Å². The molecule has 0 bridgehead atoms. The van der Waals surface area contributed by atoms with Crippen LogP contribution in [0.4, 0.5) is 5.69 Å². The molecular weight excluding hydrogens is 466 g/mol. The van der Waals surface area contributed by atoms with Gasteiger partial charge in [-0.2, -0.15) is 0 Å². The zero-order chi connectivity index (χ0) is 22.2. The number of para-hydroxylation sites is 1. The Bertz CT molecular complexity index is 1500. The molecule has 0 saturated heterocycles. The molecule has 0 aliphatic rings. The second-order valence-electron chi connectivity index (χ2n) is 7.55. The minimum absolute atomic E-state index is 0.0157. The van der Waals surface area contributed by atoms with E-state index in [1.807, 2.05) is 54.7 Å². The number of hydrogen-bond donors (Lipinski definition) is 2. The van der Waals surface area contributed by atoms with Crippen LogP contribution in [0.3, 0.4) is 0 Å². The van der Waals surface area contributed by atoms with Crippen molar-refractivity contribution < 1.29 is 9.59 Å². The highest BCUT2D eigenvalue weighted by atomic mass is 79.9. The second-order valence-corrected chi connectivity index (χ2v) is 8.47. The Morgan fingerprint density at radius 2 is 1.72 bits per heavy atom. The Hall–Kier alpha value is -3.77. The summed E-state index contributed by atoms with van der Waals surface area (Å²) >= 11 is 3.53. The quantitative estimate of drug-likeness (QED) is 0.282. The van der Waals surface area contributed by atoms with Crippen LogP contribution >= 0.6 is 15.9 Å². The van der Waals surface area contributed by atoms with Crippen molar-refractivity contribution in [2.75, 3.05) is 5.32 Å².